The maximum atomic E-state index is 13.1. The minimum atomic E-state index is -0.375. The number of benzene rings is 3. The van der Waals surface area contributed by atoms with Crippen molar-refractivity contribution in [2.24, 2.45) is 5.14 Å². The van der Waals surface area contributed by atoms with E-state index in [-0.39, 0.29) is 17.5 Å². The molecular weight excluding hydrogens is 387 g/mol. The van der Waals surface area contributed by atoms with Crippen LogP contribution in [0.25, 0.3) is 0 Å². The van der Waals surface area contributed by atoms with E-state index in [0.717, 1.165) is 22.4 Å². The van der Waals surface area contributed by atoms with Gasteiger partial charge in [0.1, 0.15) is 17.3 Å². The SMILES string of the molecule is Cc1cc(C(=O)Nc2cccc(SN)c2)c(Oc2ccc(F)cc2)cc1Cl. The lowest BCUT2D eigenvalue weighted by Gasteiger charge is -2.14. The van der Waals surface area contributed by atoms with Crippen molar-refractivity contribution in [1.29, 1.82) is 0 Å². The van der Waals surface area contributed by atoms with E-state index in [4.69, 9.17) is 21.5 Å². The molecule has 3 N–H and O–H groups in total. The summed E-state index contributed by atoms with van der Waals surface area (Å²) >= 11 is 7.29. The van der Waals surface area contributed by atoms with Gasteiger partial charge in [0.15, 0.2) is 0 Å². The lowest BCUT2D eigenvalue weighted by Crippen LogP contribution is -2.13. The summed E-state index contributed by atoms with van der Waals surface area (Å²) in [4.78, 5) is 13.6. The summed E-state index contributed by atoms with van der Waals surface area (Å²) in [5.41, 5.74) is 1.65. The predicted octanol–water partition coefficient (Wildman–Crippen LogP) is 5.80. The average Bonchev–Trinajstić information content (AvgIpc) is 2.66. The lowest BCUT2D eigenvalue weighted by atomic mass is 10.1. The zero-order chi connectivity index (χ0) is 19.4. The monoisotopic (exact) mass is 402 g/mol. The minimum Gasteiger partial charge on any atom is -0.456 e. The van der Waals surface area contributed by atoms with Gasteiger partial charge in [-0.05, 0) is 73.0 Å². The van der Waals surface area contributed by atoms with Gasteiger partial charge < -0.3 is 10.1 Å². The van der Waals surface area contributed by atoms with Crippen LogP contribution in [-0.2, 0) is 0 Å². The van der Waals surface area contributed by atoms with Gasteiger partial charge in [-0.1, -0.05) is 17.7 Å². The molecule has 3 rings (SSSR count). The summed E-state index contributed by atoms with van der Waals surface area (Å²) in [7, 11) is 0. The van der Waals surface area contributed by atoms with Gasteiger partial charge in [0.25, 0.3) is 5.91 Å². The number of anilines is 1. The number of carbonyl (C=O) groups excluding carboxylic acids is 1. The Hall–Kier alpha value is -2.54. The Kier molecular flexibility index (Phi) is 6.01. The van der Waals surface area contributed by atoms with Gasteiger partial charge in [-0.15, -0.1) is 0 Å². The van der Waals surface area contributed by atoms with Gasteiger partial charge in [-0.2, -0.15) is 0 Å². The molecule has 0 aliphatic carbocycles. The summed E-state index contributed by atoms with van der Waals surface area (Å²) in [6.07, 6.45) is 0. The second-order valence-corrected chi connectivity index (χ2v) is 6.87. The number of aryl methyl sites for hydroxylation is 1. The quantitative estimate of drug-likeness (QED) is 0.529. The van der Waals surface area contributed by atoms with Crippen molar-refractivity contribution in [2.45, 2.75) is 11.8 Å². The summed E-state index contributed by atoms with van der Waals surface area (Å²) in [6.45, 7) is 1.80. The zero-order valence-corrected chi connectivity index (χ0v) is 15.9. The number of carbonyl (C=O) groups is 1. The number of halogens is 2. The lowest BCUT2D eigenvalue weighted by molar-refractivity contribution is 0.102. The van der Waals surface area contributed by atoms with E-state index in [2.05, 4.69) is 5.32 Å². The number of ether oxygens (including phenoxy) is 1. The number of hydrogen-bond donors (Lipinski definition) is 2. The fraction of sp³-hybridized carbons (Fsp3) is 0.0500. The molecule has 4 nitrogen and oxygen atoms in total. The van der Waals surface area contributed by atoms with Crippen molar-refractivity contribution in [3.05, 3.63) is 82.6 Å². The molecule has 0 heterocycles. The highest BCUT2D eigenvalue weighted by atomic mass is 35.5. The standard InChI is InChI=1S/C20H16ClFN2O2S/c1-12-9-17(20(25)24-14-3-2-4-16(10-14)27-23)19(11-18(12)21)26-15-7-5-13(22)6-8-15/h2-11H,23H2,1H3,(H,24,25). The fourth-order valence-electron chi connectivity index (χ4n) is 2.40. The average molecular weight is 403 g/mol. The van der Waals surface area contributed by atoms with E-state index in [9.17, 15) is 9.18 Å². The topological polar surface area (TPSA) is 64.4 Å². The molecule has 0 saturated carbocycles. The van der Waals surface area contributed by atoms with Crippen molar-refractivity contribution in [1.82, 2.24) is 0 Å². The Balaban J connectivity index is 1.91. The van der Waals surface area contributed by atoms with Crippen LogP contribution in [0.5, 0.6) is 11.5 Å². The van der Waals surface area contributed by atoms with E-state index in [1.165, 1.54) is 24.3 Å². The predicted molar refractivity (Wildman–Crippen MR) is 107 cm³/mol. The maximum Gasteiger partial charge on any atom is 0.259 e. The largest absolute Gasteiger partial charge is 0.456 e. The van der Waals surface area contributed by atoms with Crippen LogP contribution in [0.2, 0.25) is 5.02 Å². The van der Waals surface area contributed by atoms with Gasteiger partial charge in [-0.3, -0.25) is 9.93 Å². The molecule has 1 amide bonds. The van der Waals surface area contributed by atoms with Gasteiger partial charge >= 0.3 is 0 Å². The number of rotatable bonds is 5. The molecule has 0 bridgehead atoms. The molecule has 0 radical (unpaired) electrons. The Bertz CT molecular complexity index is 980. The molecular formula is C20H16ClFN2O2S. The molecule has 0 atom stereocenters. The molecule has 27 heavy (non-hydrogen) atoms. The molecule has 0 aliphatic heterocycles. The minimum absolute atomic E-state index is 0.277. The van der Waals surface area contributed by atoms with E-state index >= 15 is 0 Å². The summed E-state index contributed by atoms with van der Waals surface area (Å²) < 4.78 is 18.9. The molecule has 0 fully saturated rings. The molecule has 0 aliphatic rings. The number of hydrogen-bond acceptors (Lipinski definition) is 4. The summed E-state index contributed by atoms with van der Waals surface area (Å²) in [6, 6.07) is 15.9. The third-order valence-electron chi connectivity index (χ3n) is 3.77. The first-order valence-corrected chi connectivity index (χ1v) is 9.24. The molecule has 0 aromatic heterocycles. The van der Waals surface area contributed by atoms with Crippen LogP contribution in [0.3, 0.4) is 0 Å². The van der Waals surface area contributed by atoms with Crippen molar-refractivity contribution in [3.8, 4) is 11.5 Å². The molecule has 3 aromatic carbocycles. The Labute approximate surface area is 165 Å². The zero-order valence-electron chi connectivity index (χ0n) is 14.3. The molecule has 0 unspecified atom stereocenters. The van der Waals surface area contributed by atoms with Crippen molar-refractivity contribution in [3.63, 3.8) is 0 Å². The fourth-order valence-corrected chi connectivity index (χ4v) is 2.91. The van der Waals surface area contributed by atoms with Gasteiger partial charge in [0, 0.05) is 21.7 Å². The van der Waals surface area contributed by atoms with Gasteiger partial charge in [0.05, 0.1) is 5.56 Å². The van der Waals surface area contributed by atoms with Crippen molar-refractivity contribution < 1.29 is 13.9 Å². The summed E-state index contributed by atoms with van der Waals surface area (Å²) in [5.74, 6) is -0.0584. The van der Waals surface area contributed by atoms with Crippen molar-refractivity contribution >= 4 is 35.1 Å². The highest BCUT2D eigenvalue weighted by Gasteiger charge is 2.16. The van der Waals surface area contributed by atoms with Crippen LogP contribution >= 0.6 is 23.5 Å². The van der Waals surface area contributed by atoms with E-state index < -0.39 is 0 Å². The van der Waals surface area contributed by atoms with Crippen LogP contribution in [0.15, 0.2) is 65.6 Å². The smallest absolute Gasteiger partial charge is 0.259 e. The molecule has 0 saturated heterocycles. The van der Waals surface area contributed by atoms with Crippen molar-refractivity contribution in [2.75, 3.05) is 5.32 Å². The van der Waals surface area contributed by atoms with Crippen LogP contribution < -0.4 is 15.2 Å². The molecule has 7 heteroatoms. The molecule has 138 valence electrons. The third-order valence-corrected chi connectivity index (χ3v) is 4.71. The normalized spacial score (nSPS) is 10.5. The van der Waals surface area contributed by atoms with Crippen LogP contribution in [0.1, 0.15) is 15.9 Å². The maximum absolute atomic E-state index is 13.1. The number of amides is 1. The van der Waals surface area contributed by atoms with Gasteiger partial charge in [0.2, 0.25) is 0 Å². The van der Waals surface area contributed by atoms with E-state index in [1.807, 2.05) is 6.07 Å². The molecule has 0 spiro atoms. The van der Waals surface area contributed by atoms with Crippen LogP contribution in [-0.4, -0.2) is 5.91 Å². The first-order valence-electron chi connectivity index (χ1n) is 7.98. The number of nitrogens with one attached hydrogen (secondary N) is 1. The first kappa shape index (κ1) is 19.2. The Morgan fingerprint density at radius 1 is 1.15 bits per heavy atom. The van der Waals surface area contributed by atoms with Crippen LogP contribution in [0, 0.1) is 12.7 Å². The van der Waals surface area contributed by atoms with Gasteiger partial charge in [-0.25, -0.2) is 4.39 Å². The first-order chi connectivity index (χ1) is 13.0. The Morgan fingerprint density at radius 3 is 2.59 bits per heavy atom. The third kappa shape index (κ3) is 4.80. The summed E-state index contributed by atoms with van der Waals surface area (Å²) in [5, 5.41) is 8.85. The van der Waals surface area contributed by atoms with Crippen LogP contribution in [0.4, 0.5) is 10.1 Å². The number of nitrogens with two attached hydrogens (primary N) is 1. The van der Waals surface area contributed by atoms with E-state index in [0.29, 0.717) is 22.0 Å². The Morgan fingerprint density at radius 2 is 1.89 bits per heavy atom. The van der Waals surface area contributed by atoms with E-state index in [1.54, 1.807) is 37.3 Å². The molecule has 3 aromatic rings. The second kappa shape index (κ2) is 8.43. The highest BCUT2D eigenvalue weighted by Crippen LogP contribution is 2.31. The second-order valence-electron chi connectivity index (χ2n) is 5.75. The highest BCUT2D eigenvalue weighted by molar-refractivity contribution is 7.97.